The van der Waals surface area contributed by atoms with Crippen LogP contribution in [-0.4, -0.2) is 11.9 Å². The summed E-state index contributed by atoms with van der Waals surface area (Å²) >= 11 is 0. The first kappa shape index (κ1) is 13.7. The lowest BCUT2D eigenvalue weighted by molar-refractivity contribution is -0.116. The van der Waals surface area contributed by atoms with Gasteiger partial charge in [0.05, 0.1) is 0 Å². The molecule has 21 heavy (non-hydrogen) atoms. The molecule has 3 heteroatoms. The maximum Gasteiger partial charge on any atom is 0.247 e. The molecule has 1 unspecified atom stereocenters. The molecule has 2 aromatic rings. The minimum Gasteiger partial charge on any atom is -0.373 e. The van der Waals surface area contributed by atoms with E-state index in [1.54, 1.807) is 0 Å². The molecule has 1 amide bonds. The number of benzene rings is 2. The van der Waals surface area contributed by atoms with Crippen molar-refractivity contribution < 1.29 is 4.79 Å². The second-order valence-corrected chi connectivity index (χ2v) is 5.83. The van der Waals surface area contributed by atoms with Crippen molar-refractivity contribution in [2.75, 3.05) is 10.6 Å². The fraction of sp³-hybridized carbons (Fsp3) is 0.278. The zero-order valence-electron chi connectivity index (χ0n) is 12.4. The van der Waals surface area contributed by atoms with Crippen molar-refractivity contribution in [3.05, 3.63) is 59.7 Å². The number of carbonyl (C=O) groups is 1. The summed E-state index contributed by atoms with van der Waals surface area (Å²) in [7, 11) is 0. The molecule has 108 valence electrons. The summed E-state index contributed by atoms with van der Waals surface area (Å²) in [5.41, 5.74) is 4.36. The van der Waals surface area contributed by atoms with E-state index in [0.717, 1.165) is 17.8 Å². The zero-order valence-corrected chi connectivity index (χ0v) is 12.4. The van der Waals surface area contributed by atoms with Gasteiger partial charge in [0, 0.05) is 17.8 Å². The van der Waals surface area contributed by atoms with Gasteiger partial charge in [-0.1, -0.05) is 44.2 Å². The molecule has 1 aliphatic heterocycles. The normalized spacial score (nSPS) is 16.4. The summed E-state index contributed by atoms with van der Waals surface area (Å²) in [4.78, 5) is 12.4. The average molecular weight is 280 g/mol. The number of fused-ring (bicyclic) bond motifs is 1. The molecule has 0 aliphatic carbocycles. The van der Waals surface area contributed by atoms with Crippen molar-refractivity contribution in [1.82, 2.24) is 0 Å². The van der Waals surface area contributed by atoms with Crippen LogP contribution in [0, 0.1) is 0 Å². The molecular formula is C18H20N2O. The number of hydrogen-bond donors (Lipinski definition) is 2. The van der Waals surface area contributed by atoms with Crippen LogP contribution >= 0.6 is 0 Å². The van der Waals surface area contributed by atoms with Gasteiger partial charge in [-0.25, -0.2) is 0 Å². The summed E-state index contributed by atoms with van der Waals surface area (Å²) < 4.78 is 0. The highest BCUT2D eigenvalue weighted by Crippen LogP contribution is 2.26. The van der Waals surface area contributed by atoms with Gasteiger partial charge >= 0.3 is 0 Å². The molecule has 0 saturated heterocycles. The lowest BCUT2D eigenvalue weighted by Gasteiger charge is -2.13. The van der Waals surface area contributed by atoms with E-state index in [2.05, 4.69) is 36.6 Å². The Hall–Kier alpha value is -2.29. The van der Waals surface area contributed by atoms with Gasteiger partial charge in [-0.05, 0) is 35.2 Å². The molecule has 0 saturated carbocycles. The van der Waals surface area contributed by atoms with Crippen LogP contribution in [0.2, 0.25) is 0 Å². The molecule has 0 bridgehead atoms. The second-order valence-electron chi connectivity index (χ2n) is 5.83. The number of para-hydroxylation sites is 1. The summed E-state index contributed by atoms with van der Waals surface area (Å²) in [5, 5.41) is 6.29. The molecule has 1 atom stereocenters. The Labute approximate surface area is 125 Å². The van der Waals surface area contributed by atoms with Gasteiger partial charge in [-0.3, -0.25) is 4.79 Å². The first-order valence-corrected chi connectivity index (χ1v) is 7.39. The first-order chi connectivity index (χ1) is 10.1. The molecule has 1 heterocycles. The summed E-state index contributed by atoms with van der Waals surface area (Å²) in [6, 6.07) is 15.9. The predicted molar refractivity (Wildman–Crippen MR) is 86.7 cm³/mol. The number of nitrogens with one attached hydrogen (secondary N) is 2. The molecule has 0 fully saturated rings. The minimum atomic E-state index is -0.190. The maximum absolute atomic E-state index is 12.4. The molecule has 2 N–H and O–H groups in total. The third-order valence-corrected chi connectivity index (χ3v) is 3.91. The van der Waals surface area contributed by atoms with E-state index in [0.29, 0.717) is 5.92 Å². The van der Waals surface area contributed by atoms with E-state index in [1.165, 1.54) is 11.1 Å². The SMILES string of the molecule is CC(C)c1cccc(NC(=O)C2Cc3ccccc3N2)c1. The van der Waals surface area contributed by atoms with Gasteiger partial charge in [0.15, 0.2) is 0 Å². The number of anilines is 2. The van der Waals surface area contributed by atoms with Crippen LogP contribution in [0.3, 0.4) is 0 Å². The zero-order chi connectivity index (χ0) is 14.8. The van der Waals surface area contributed by atoms with Crippen molar-refractivity contribution in [1.29, 1.82) is 0 Å². The van der Waals surface area contributed by atoms with E-state index in [1.807, 2.05) is 36.4 Å². The fourth-order valence-electron chi connectivity index (χ4n) is 2.66. The predicted octanol–water partition coefficient (Wildman–Crippen LogP) is 3.79. The van der Waals surface area contributed by atoms with Gasteiger partial charge in [-0.15, -0.1) is 0 Å². The second kappa shape index (κ2) is 5.60. The average Bonchev–Trinajstić information content (AvgIpc) is 2.91. The fourth-order valence-corrected chi connectivity index (χ4v) is 2.66. The lowest BCUT2D eigenvalue weighted by Crippen LogP contribution is -2.32. The Balaban J connectivity index is 1.69. The number of rotatable bonds is 3. The third kappa shape index (κ3) is 2.92. The Morgan fingerprint density at radius 2 is 2.00 bits per heavy atom. The Morgan fingerprint density at radius 1 is 1.19 bits per heavy atom. The molecule has 3 rings (SSSR count). The van der Waals surface area contributed by atoms with Crippen LogP contribution in [0.15, 0.2) is 48.5 Å². The van der Waals surface area contributed by atoms with Crippen LogP contribution < -0.4 is 10.6 Å². The van der Waals surface area contributed by atoms with Crippen LogP contribution in [0.25, 0.3) is 0 Å². The number of hydrogen-bond acceptors (Lipinski definition) is 2. The van der Waals surface area contributed by atoms with E-state index in [9.17, 15) is 4.79 Å². The van der Waals surface area contributed by atoms with Crippen molar-refractivity contribution in [3.8, 4) is 0 Å². The lowest BCUT2D eigenvalue weighted by atomic mass is 10.0. The number of amides is 1. The van der Waals surface area contributed by atoms with Crippen LogP contribution in [0.1, 0.15) is 30.9 Å². The van der Waals surface area contributed by atoms with Gasteiger partial charge < -0.3 is 10.6 Å². The quantitative estimate of drug-likeness (QED) is 0.898. The minimum absolute atomic E-state index is 0.0205. The van der Waals surface area contributed by atoms with Crippen molar-refractivity contribution in [2.45, 2.75) is 32.2 Å². The monoisotopic (exact) mass is 280 g/mol. The van der Waals surface area contributed by atoms with Gasteiger partial charge in [0.2, 0.25) is 5.91 Å². The summed E-state index contributed by atoms with van der Waals surface area (Å²) in [6.45, 7) is 4.30. The topological polar surface area (TPSA) is 41.1 Å². The van der Waals surface area contributed by atoms with Crippen molar-refractivity contribution >= 4 is 17.3 Å². The van der Waals surface area contributed by atoms with Crippen LogP contribution in [0.5, 0.6) is 0 Å². The van der Waals surface area contributed by atoms with Crippen molar-refractivity contribution in [2.24, 2.45) is 0 Å². The van der Waals surface area contributed by atoms with Crippen molar-refractivity contribution in [3.63, 3.8) is 0 Å². The van der Waals surface area contributed by atoms with Gasteiger partial charge in [0.1, 0.15) is 6.04 Å². The highest BCUT2D eigenvalue weighted by atomic mass is 16.2. The first-order valence-electron chi connectivity index (χ1n) is 7.39. The Kier molecular flexibility index (Phi) is 3.65. The molecule has 1 aliphatic rings. The highest BCUT2D eigenvalue weighted by molar-refractivity contribution is 5.98. The Bertz CT molecular complexity index is 639. The summed E-state index contributed by atoms with van der Waals surface area (Å²) in [6.07, 6.45) is 0.742. The summed E-state index contributed by atoms with van der Waals surface area (Å²) in [5.74, 6) is 0.475. The molecule has 2 aromatic carbocycles. The smallest absolute Gasteiger partial charge is 0.247 e. The highest BCUT2D eigenvalue weighted by Gasteiger charge is 2.26. The third-order valence-electron chi connectivity index (χ3n) is 3.91. The molecule has 3 nitrogen and oxygen atoms in total. The maximum atomic E-state index is 12.4. The molecule has 0 aromatic heterocycles. The van der Waals surface area contributed by atoms with E-state index >= 15 is 0 Å². The van der Waals surface area contributed by atoms with E-state index in [-0.39, 0.29) is 11.9 Å². The van der Waals surface area contributed by atoms with E-state index < -0.39 is 0 Å². The van der Waals surface area contributed by atoms with Crippen LogP contribution in [-0.2, 0) is 11.2 Å². The molecule has 0 radical (unpaired) electrons. The van der Waals surface area contributed by atoms with Gasteiger partial charge in [0.25, 0.3) is 0 Å². The van der Waals surface area contributed by atoms with Crippen LogP contribution in [0.4, 0.5) is 11.4 Å². The number of carbonyl (C=O) groups excluding carboxylic acids is 1. The molecule has 0 spiro atoms. The van der Waals surface area contributed by atoms with E-state index in [4.69, 9.17) is 0 Å². The van der Waals surface area contributed by atoms with Gasteiger partial charge in [-0.2, -0.15) is 0 Å². The Morgan fingerprint density at radius 3 is 2.76 bits per heavy atom. The largest absolute Gasteiger partial charge is 0.373 e. The molecular weight excluding hydrogens is 260 g/mol. The standard InChI is InChI=1S/C18H20N2O/c1-12(2)13-7-5-8-15(10-13)19-18(21)17-11-14-6-3-4-9-16(14)20-17/h3-10,12,17,20H,11H2,1-2H3,(H,19,21).